The van der Waals surface area contributed by atoms with Crippen molar-refractivity contribution in [1.29, 1.82) is 0 Å². The molecular weight excluding hydrogens is 254 g/mol. The molecular formula is C15H21N3O2. The van der Waals surface area contributed by atoms with Gasteiger partial charge in [-0.25, -0.2) is 4.98 Å². The van der Waals surface area contributed by atoms with Gasteiger partial charge < -0.3 is 14.5 Å². The largest absolute Gasteiger partial charge is 0.384 e. The second-order valence-corrected chi connectivity index (χ2v) is 4.78. The minimum Gasteiger partial charge on any atom is -0.384 e. The van der Waals surface area contributed by atoms with Gasteiger partial charge in [0.2, 0.25) is 5.91 Å². The molecule has 1 amide bonds. The SMILES string of the molecule is C=CCN1CCN(C(=O)CCOC)Cc2cccnc21. The van der Waals surface area contributed by atoms with E-state index in [1.165, 1.54) is 0 Å². The molecule has 0 bridgehead atoms. The average molecular weight is 275 g/mol. The molecule has 0 saturated carbocycles. The molecule has 0 N–H and O–H groups in total. The van der Waals surface area contributed by atoms with Gasteiger partial charge in [-0.05, 0) is 6.07 Å². The van der Waals surface area contributed by atoms with Gasteiger partial charge in [0.15, 0.2) is 0 Å². The second-order valence-electron chi connectivity index (χ2n) is 4.78. The fourth-order valence-electron chi connectivity index (χ4n) is 2.36. The van der Waals surface area contributed by atoms with Crippen LogP contribution in [0.1, 0.15) is 12.0 Å². The second kappa shape index (κ2) is 7.05. The highest BCUT2D eigenvalue weighted by Crippen LogP contribution is 2.22. The quantitative estimate of drug-likeness (QED) is 0.763. The van der Waals surface area contributed by atoms with Gasteiger partial charge in [0, 0.05) is 45.0 Å². The lowest BCUT2D eigenvalue weighted by Gasteiger charge is -2.22. The number of carbonyl (C=O) groups is 1. The van der Waals surface area contributed by atoms with E-state index in [1.807, 2.05) is 23.1 Å². The van der Waals surface area contributed by atoms with Crippen LogP contribution < -0.4 is 4.90 Å². The molecule has 0 radical (unpaired) electrons. The van der Waals surface area contributed by atoms with Crippen molar-refractivity contribution in [3.8, 4) is 0 Å². The first-order valence-electron chi connectivity index (χ1n) is 6.82. The number of amides is 1. The van der Waals surface area contributed by atoms with Crippen LogP contribution in [-0.2, 0) is 16.1 Å². The molecule has 1 aliphatic heterocycles. The summed E-state index contributed by atoms with van der Waals surface area (Å²) < 4.78 is 4.98. The number of nitrogens with zero attached hydrogens (tertiary/aromatic N) is 3. The zero-order valence-corrected chi connectivity index (χ0v) is 11.9. The Morgan fingerprint density at radius 2 is 2.40 bits per heavy atom. The van der Waals surface area contributed by atoms with Crippen LogP contribution in [0.5, 0.6) is 0 Å². The zero-order chi connectivity index (χ0) is 14.4. The van der Waals surface area contributed by atoms with Gasteiger partial charge in [0.25, 0.3) is 0 Å². The Bertz CT molecular complexity index is 476. The lowest BCUT2D eigenvalue weighted by molar-refractivity contribution is -0.132. The predicted octanol–water partition coefficient (Wildman–Crippen LogP) is 1.45. The minimum atomic E-state index is 0.127. The number of carbonyl (C=O) groups excluding carboxylic acids is 1. The molecule has 0 fully saturated rings. The van der Waals surface area contributed by atoms with E-state index in [2.05, 4.69) is 16.5 Å². The first-order valence-corrected chi connectivity index (χ1v) is 6.82. The normalized spacial score (nSPS) is 14.7. The number of hydrogen-bond donors (Lipinski definition) is 0. The Labute approximate surface area is 119 Å². The molecule has 5 heteroatoms. The molecule has 2 heterocycles. The molecule has 0 atom stereocenters. The van der Waals surface area contributed by atoms with E-state index >= 15 is 0 Å². The maximum absolute atomic E-state index is 12.2. The van der Waals surface area contributed by atoms with E-state index in [0.29, 0.717) is 26.1 Å². The van der Waals surface area contributed by atoms with Gasteiger partial charge in [0.1, 0.15) is 5.82 Å². The maximum atomic E-state index is 12.2. The van der Waals surface area contributed by atoms with Crippen LogP contribution in [-0.4, -0.2) is 49.1 Å². The summed E-state index contributed by atoms with van der Waals surface area (Å²) in [6.45, 7) is 7.07. The summed E-state index contributed by atoms with van der Waals surface area (Å²) in [5.74, 6) is 1.08. The lowest BCUT2D eigenvalue weighted by Crippen LogP contribution is -2.35. The van der Waals surface area contributed by atoms with E-state index < -0.39 is 0 Å². The summed E-state index contributed by atoms with van der Waals surface area (Å²) >= 11 is 0. The number of hydrogen-bond acceptors (Lipinski definition) is 4. The standard InChI is InChI=1S/C15H21N3O2/c1-3-8-17-9-10-18(14(19)6-11-20-2)12-13-5-4-7-16-15(13)17/h3-5,7H,1,6,8-12H2,2H3. The molecule has 0 aliphatic carbocycles. The fourth-order valence-corrected chi connectivity index (χ4v) is 2.36. The van der Waals surface area contributed by atoms with Crippen molar-refractivity contribution < 1.29 is 9.53 Å². The Kier molecular flexibility index (Phi) is 5.12. The molecule has 0 aromatic carbocycles. The van der Waals surface area contributed by atoms with Crippen molar-refractivity contribution >= 4 is 11.7 Å². The van der Waals surface area contributed by atoms with Gasteiger partial charge in [-0.3, -0.25) is 4.79 Å². The van der Waals surface area contributed by atoms with Crippen LogP contribution in [0.3, 0.4) is 0 Å². The third kappa shape index (κ3) is 3.36. The van der Waals surface area contributed by atoms with E-state index in [4.69, 9.17) is 4.74 Å². The van der Waals surface area contributed by atoms with Crippen molar-refractivity contribution in [3.05, 3.63) is 36.5 Å². The summed E-state index contributed by atoms with van der Waals surface area (Å²) in [4.78, 5) is 20.7. The highest BCUT2D eigenvalue weighted by Gasteiger charge is 2.22. The molecule has 1 aliphatic rings. The van der Waals surface area contributed by atoms with Crippen molar-refractivity contribution in [1.82, 2.24) is 9.88 Å². The maximum Gasteiger partial charge on any atom is 0.225 e. The Morgan fingerprint density at radius 1 is 1.55 bits per heavy atom. The average Bonchev–Trinajstić information content (AvgIpc) is 2.65. The zero-order valence-electron chi connectivity index (χ0n) is 11.9. The predicted molar refractivity (Wildman–Crippen MR) is 78.6 cm³/mol. The van der Waals surface area contributed by atoms with Gasteiger partial charge in [-0.1, -0.05) is 12.1 Å². The molecule has 5 nitrogen and oxygen atoms in total. The first-order chi connectivity index (χ1) is 9.76. The topological polar surface area (TPSA) is 45.7 Å². The number of methoxy groups -OCH3 is 1. The molecule has 20 heavy (non-hydrogen) atoms. The Morgan fingerprint density at radius 3 is 3.15 bits per heavy atom. The third-order valence-electron chi connectivity index (χ3n) is 3.39. The number of fused-ring (bicyclic) bond motifs is 1. The number of pyridine rings is 1. The lowest BCUT2D eigenvalue weighted by atomic mass is 10.2. The van der Waals surface area contributed by atoms with Crippen LogP contribution in [0.15, 0.2) is 31.0 Å². The number of aromatic nitrogens is 1. The third-order valence-corrected chi connectivity index (χ3v) is 3.39. The van der Waals surface area contributed by atoms with E-state index in [1.54, 1.807) is 13.3 Å². The molecule has 1 aromatic heterocycles. The van der Waals surface area contributed by atoms with Crippen molar-refractivity contribution in [2.24, 2.45) is 0 Å². The van der Waals surface area contributed by atoms with E-state index in [-0.39, 0.29) is 5.91 Å². The summed E-state index contributed by atoms with van der Waals surface area (Å²) in [5, 5.41) is 0. The van der Waals surface area contributed by atoms with E-state index in [0.717, 1.165) is 24.5 Å². The fraction of sp³-hybridized carbons (Fsp3) is 0.467. The summed E-state index contributed by atoms with van der Waals surface area (Å²) in [6.07, 6.45) is 4.08. The van der Waals surface area contributed by atoms with Crippen LogP contribution in [0.2, 0.25) is 0 Å². The molecule has 108 valence electrons. The highest BCUT2D eigenvalue weighted by molar-refractivity contribution is 5.76. The van der Waals surface area contributed by atoms with Gasteiger partial charge in [-0.2, -0.15) is 0 Å². The number of anilines is 1. The minimum absolute atomic E-state index is 0.127. The molecule has 0 spiro atoms. The molecule has 0 saturated heterocycles. The van der Waals surface area contributed by atoms with Crippen LogP contribution in [0, 0.1) is 0 Å². The van der Waals surface area contributed by atoms with Gasteiger partial charge in [-0.15, -0.1) is 6.58 Å². The first kappa shape index (κ1) is 14.5. The van der Waals surface area contributed by atoms with Crippen molar-refractivity contribution in [2.75, 3.05) is 38.3 Å². The molecule has 0 unspecified atom stereocenters. The van der Waals surface area contributed by atoms with Crippen molar-refractivity contribution in [3.63, 3.8) is 0 Å². The molecule has 1 aromatic rings. The number of ether oxygens (including phenoxy) is 1. The smallest absolute Gasteiger partial charge is 0.225 e. The number of rotatable bonds is 5. The van der Waals surface area contributed by atoms with Gasteiger partial charge >= 0.3 is 0 Å². The Hall–Kier alpha value is -1.88. The molecule has 2 rings (SSSR count). The van der Waals surface area contributed by atoms with Gasteiger partial charge in [0.05, 0.1) is 13.0 Å². The van der Waals surface area contributed by atoms with E-state index in [9.17, 15) is 4.79 Å². The van der Waals surface area contributed by atoms with Crippen LogP contribution in [0.25, 0.3) is 0 Å². The summed E-state index contributed by atoms with van der Waals surface area (Å²) in [6, 6.07) is 3.94. The monoisotopic (exact) mass is 275 g/mol. The van der Waals surface area contributed by atoms with Crippen molar-refractivity contribution in [2.45, 2.75) is 13.0 Å². The van der Waals surface area contributed by atoms with Crippen LogP contribution in [0.4, 0.5) is 5.82 Å². The highest BCUT2D eigenvalue weighted by atomic mass is 16.5. The summed E-state index contributed by atoms with van der Waals surface area (Å²) in [7, 11) is 1.61. The van der Waals surface area contributed by atoms with Crippen LogP contribution >= 0.6 is 0 Å². The summed E-state index contributed by atoms with van der Waals surface area (Å²) in [5.41, 5.74) is 1.08. The Balaban J connectivity index is 2.16.